The molecule has 7 aromatic carbocycles. The quantitative estimate of drug-likeness (QED) is 0.101. The summed E-state index contributed by atoms with van der Waals surface area (Å²) in [5.74, 6) is 0. The maximum absolute atomic E-state index is 9.69. The van der Waals surface area contributed by atoms with Crippen LogP contribution >= 0.6 is 0 Å². The minimum Gasteiger partial charge on any atom is -0.319 e. The van der Waals surface area contributed by atoms with E-state index in [-0.39, 0.29) is 0 Å². The number of nitrogens with zero attached hydrogens (tertiary/aromatic N) is 4. The summed E-state index contributed by atoms with van der Waals surface area (Å²) in [6.07, 6.45) is 0. The molecule has 0 radical (unpaired) electrons. The first-order valence-corrected chi connectivity index (χ1v) is 18.3. The fourth-order valence-electron chi connectivity index (χ4n) is 7.38. The molecule has 0 saturated carbocycles. The van der Waals surface area contributed by atoms with Gasteiger partial charge in [0.05, 0.1) is 41.5 Å². The second-order valence-electron chi connectivity index (χ2n) is 12.2. The highest BCUT2D eigenvalue weighted by molar-refractivity contribution is 7.19. The molecule has 0 unspecified atom stereocenters. The molecule has 8 aromatic rings. The lowest BCUT2D eigenvalue weighted by Crippen LogP contribution is -2.74. The zero-order valence-corrected chi connectivity index (χ0v) is 28.0. The fourth-order valence-corrected chi connectivity index (χ4v) is 12.2. The maximum atomic E-state index is 9.69. The van der Waals surface area contributed by atoms with Gasteiger partial charge in [-0.1, -0.05) is 133 Å². The molecule has 1 heterocycles. The molecular formula is C45H28N4Si. The summed E-state index contributed by atoms with van der Waals surface area (Å²) >= 11 is 0. The molecule has 0 aliphatic carbocycles. The average molecular weight is 653 g/mol. The van der Waals surface area contributed by atoms with Crippen LogP contribution in [0.1, 0.15) is 5.56 Å². The third-order valence-corrected chi connectivity index (χ3v) is 14.4. The van der Waals surface area contributed by atoms with Crippen molar-refractivity contribution in [2.75, 3.05) is 0 Å². The summed E-state index contributed by atoms with van der Waals surface area (Å²) in [7, 11) is -2.74. The predicted molar refractivity (Wildman–Crippen MR) is 207 cm³/mol. The molecule has 0 saturated heterocycles. The van der Waals surface area contributed by atoms with Crippen LogP contribution in [0.15, 0.2) is 170 Å². The lowest BCUT2D eigenvalue weighted by molar-refractivity contribution is 1.19. The molecule has 50 heavy (non-hydrogen) atoms. The first-order valence-electron chi connectivity index (χ1n) is 16.3. The van der Waals surface area contributed by atoms with Gasteiger partial charge in [0, 0.05) is 5.39 Å². The Morgan fingerprint density at radius 3 is 1.64 bits per heavy atom. The molecule has 0 N–H and O–H groups in total. The van der Waals surface area contributed by atoms with Gasteiger partial charge in [0.25, 0.3) is 0 Å². The van der Waals surface area contributed by atoms with E-state index in [0.29, 0.717) is 16.9 Å². The number of hydrogen-bond donors (Lipinski definition) is 0. The van der Waals surface area contributed by atoms with Crippen LogP contribution in [0.25, 0.3) is 48.3 Å². The van der Waals surface area contributed by atoms with Crippen LogP contribution in [0.2, 0.25) is 0 Å². The Balaban J connectivity index is 1.38. The van der Waals surface area contributed by atoms with Gasteiger partial charge in [0.2, 0.25) is 5.69 Å². The van der Waals surface area contributed by atoms with Crippen molar-refractivity contribution in [3.05, 3.63) is 198 Å². The minimum atomic E-state index is -2.74. The lowest BCUT2D eigenvalue weighted by Gasteiger charge is -2.34. The third-order valence-electron chi connectivity index (χ3n) is 9.59. The Morgan fingerprint density at radius 1 is 0.500 bits per heavy atom. The summed E-state index contributed by atoms with van der Waals surface area (Å²) in [5.41, 5.74) is 6.14. The molecule has 5 heteroatoms. The Labute approximate surface area is 292 Å². The molecule has 4 nitrogen and oxygen atoms in total. The molecule has 232 valence electrons. The minimum absolute atomic E-state index is 0.517. The molecular weight excluding hydrogens is 625 g/mol. The predicted octanol–water partition coefficient (Wildman–Crippen LogP) is 8.80. The second-order valence-corrected chi connectivity index (χ2v) is 16.0. The zero-order chi connectivity index (χ0) is 34.1. The van der Waals surface area contributed by atoms with Gasteiger partial charge in [-0.3, -0.25) is 0 Å². The largest absolute Gasteiger partial charge is 0.319 e. The topological polar surface area (TPSA) is 37.4 Å². The highest BCUT2D eigenvalue weighted by Gasteiger charge is 2.41. The van der Waals surface area contributed by atoms with Crippen molar-refractivity contribution in [3.8, 4) is 22.9 Å². The van der Waals surface area contributed by atoms with Crippen LogP contribution in [0, 0.1) is 24.5 Å². The zero-order valence-electron chi connectivity index (χ0n) is 27.0. The number of aromatic nitrogens is 1. The number of nitriles is 1. The van der Waals surface area contributed by atoms with Crippen LogP contribution in [0.5, 0.6) is 0 Å². The molecule has 8 rings (SSSR count). The van der Waals surface area contributed by atoms with Crippen molar-refractivity contribution >= 4 is 62.0 Å². The average Bonchev–Trinajstić information content (AvgIpc) is 3.52. The van der Waals surface area contributed by atoms with Gasteiger partial charge in [0.15, 0.2) is 13.8 Å². The van der Waals surface area contributed by atoms with Crippen LogP contribution in [0.3, 0.4) is 0 Å². The molecule has 0 aliphatic heterocycles. The van der Waals surface area contributed by atoms with Crippen molar-refractivity contribution in [2.24, 2.45) is 0 Å². The van der Waals surface area contributed by atoms with Gasteiger partial charge >= 0.3 is 0 Å². The first kappa shape index (κ1) is 30.4. The molecule has 0 spiro atoms. The van der Waals surface area contributed by atoms with Gasteiger partial charge in [0.1, 0.15) is 0 Å². The van der Waals surface area contributed by atoms with Crippen molar-refractivity contribution in [1.82, 2.24) is 4.57 Å². The summed E-state index contributed by atoms with van der Waals surface area (Å²) in [6, 6.07) is 61.0. The lowest BCUT2D eigenvalue weighted by atomic mass is 10.0. The Hall–Kier alpha value is -6.97. The first-order chi connectivity index (χ1) is 24.6. The van der Waals surface area contributed by atoms with Gasteiger partial charge in [-0.25, -0.2) is 9.69 Å². The van der Waals surface area contributed by atoms with Crippen LogP contribution in [-0.2, 0) is 0 Å². The van der Waals surface area contributed by atoms with E-state index < -0.39 is 8.07 Å². The van der Waals surface area contributed by atoms with E-state index in [2.05, 4.69) is 142 Å². The van der Waals surface area contributed by atoms with E-state index in [1.54, 1.807) is 6.07 Å². The van der Waals surface area contributed by atoms with Gasteiger partial charge in [-0.2, -0.15) is 5.26 Å². The molecule has 0 aliphatic rings. The Kier molecular flexibility index (Phi) is 7.63. The number of rotatable bonds is 6. The van der Waals surface area contributed by atoms with Crippen molar-refractivity contribution in [3.63, 3.8) is 0 Å². The second kappa shape index (κ2) is 12.6. The van der Waals surface area contributed by atoms with E-state index in [1.165, 1.54) is 20.7 Å². The highest BCUT2D eigenvalue weighted by atomic mass is 28.3. The monoisotopic (exact) mass is 652 g/mol. The number of hydrogen-bond acceptors (Lipinski definition) is 1. The van der Waals surface area contributed by atoms with Crippen LogP contribution in [0.4, 0.5) is 11.4 Å². The third kappa shape index (κ3) is 4.88. The highest BCUT2D eigenvalue weighted by Crippen LogP contribution is 2.39. The molecule has 0 atom stereocenters. The molecule has 0 bridgehead atoms. The van der Waals surface area contributed by atoms with Crippen molar-refractivity contribution in [1.29, 1.82) is 5.26 Å². The molecule has 1 aromatic heterocycles. The number of fused-ring (bicyclic) bond motifs is 3. The van der Waals surface area contributed by atoms with Crippen molar-refractivity contribution in [2.45, 2.75) is 0 Å². The summed E-state index contributed by atoms with van der Waals surface area (Å²) in [5, 5.41) is 16.6. The number of benzene rings is 7. The van der Waals surface area contributed by atoms with Crippen LogP contribution in [-0.4, -0.2) is 12.6 Å². The smallest absolute Gasteiger partial charge is 0.210 e. The summed E-state index contributed by atoms with van der Waals surface area (Å²) in [4.78, 5) is 7.62. The summed E-state index contributed by atoms with van der Waals surface area (Å²) < 4.78 is 2.09. The molecule has 0 amide bonds. The van der Waals surface area contributed by atoms with Crippen LogP contribution < -0.4 is 20.7 Å². The summed E-state index contributed by atoms with van der Waals surface area (Å²) in [6.45, 7) is 15.8. The fraction of sp³-hybridized carbons (Fsp3) is 0. The standard InChI is InChI=1S/C45H28N4Si/c1-47-35-23-26-44-41(30-35)40-27-32(31-46)21-25-43(40)49(44)45-29-34(22-24-42(45)48-2)33-13-12-20-39(28-33)50(36-14-6-3-7-15-36,37-16-8-4-9-17-37)38-18-10-5-11-19-38/h3-30H. The van der Waals surface area contributed by atoms with E-state index >= 15 is 0 Å². The van der Waals surface area contributed by atoms with E-state index in [1.807, 2.05) is 42.5 Å². The van der Waals surface area contributed by atoms with E-state index in [4.69, 9.17) is 13.1 Å². The normalized spacial score (nSPS) is 11.1. The Bertz CT molecular complexity index is 2510. The Morgan fingerprint density at radius 2 is 1.06 bits per heavy atom. The van der Waals surface area contributed by atoms with E-state index in [9.17, 15) is 5.26 Å². The van der Waals surface area contributed by atoms with Crippen molar-refractivity contribution < 1.29 is 0 Å². The van der Waals surface area contributed by atoms with Gasteiger partial charge < -0.3 is 4.57 Å². The molecule has 0 fully saturated rings. The van der Waals surface area contributed by atoms with Gasteiger partial charge in [-0.05, 0) is 73.7 Å². The van der Waals surface area contributed by atoms with E-state index in [0.717, 1.165) is 38.6 Å². The SMILES string of the molecule is [C-]#[N+]c1ccc2c(c1)c1cc(C#N)ccc1n2-c1cc(-c2cccc([Si](c3ccccc3)(c3ccccc3)c3ccccc3)c2)ccc1[N+]#[C-]. The van der Waals surface area contributed by atoms with Gasteiger partial charge in [-0.15, -0.1) is 0 Å². The maximum Gasteiger partial charge on any atom is 0.210 e.